The van der Waals surface area contributed by atoms with Crippen LogP contribution in [0.25, 0.3) is 10.4 Å². The number of nitrogens with zero attached hydrogens (tertiary/aromatic N) is 4. The van der Waals surface area contributed by atoms with Crippen LogP contribution in [0.15, 0.2) is 23.3 Å². The van der Waals surface area contributed by atoms with Crippen LogP contribution in [-0.2, 0) is 6.42 Å². The normalized spacial score (nSPS) is 10.8. The van der Waals surface area contributed by atoms with Crippen molar-refractivity contribution in [2.24, 2.45) is 5.11 Å². The predicted octanol–water partition coefficient (Wildman–Crippen LogP) is 3.64. The van der Waals surface area contributed by atoms with E-state index in [0.29, 0.717) is 0 Å². The maximum atomic E-state index is 12.1. The van der Waals surface area contributed by atoms with Crippen LogP contribution in [0.2, 0.25) is 0 Å². The van der Waals surface area contributed by atoms with Crippen molar-refractivity contribution in [1.82, 2.24) is 0 Å². The van der Waals surface area contributed by atoms with Gasteiger partial charge in [0.25, 0.3) is 5.69 Å². The summed E-state index contributed by atoms with van der Waals surface area (Å²) < 4.78 is 36.2. The van der Waals surface area contributed by atoms with E-state index < -0.39 is 23.2 Å². The molecule has 1 aromatic rings. The quantitative estimate of drug-likeness (QED) is 0.267. The maximum absolute atomic E-state index is 12.1. The van der Waals surface area contributed by atoms with Gasteiger partial charge >= 0.3 is 6.18 Å². The van der Waals surface area contributed by atoms with Crippen LogP contribution in [-0.4, -0.2) is 11.1 Å². The minimum atomic E-state index is -4.45. The number of halogens is 3. The number of hydrogen-bond donors (Lipinski definition) is 0. The topological polar surface area (TPSA) is 91.9 Å². The molecule has 0 heterocycles. The molecule has 0 atom stereocenters. The molecule has 90 valence electrons. The zero-order chi connectivity index (χ0) is 13.1. The lowest BCUT2D eigenvalue weighted by Crippen LogP contribution is -2.11. The summed E-state index contributed by atoms with van der Waals surface area (Å²) in [6, 6.07) is 2.76. The summed E-state index contributed by atoms with van der Waals surface area (Å²) >= 11 is 0. The van der Waals surface area contributed by atoms with Crippen molar-refractivity contribution in [2.75, 3.05) is 0 Å². The molecule has 0 bridgehead atoms. The Kier molecular flexibility index (Phi) is 3.54. The lowest BCUT2D eigenvalue weighted by atomic mass is 10.1. The van der Waals surface area contributed by atoms with Crippen molar-refractivity contribution in [1.29, 1.82) is 0 Å². The van der Waals surface area contributed by atoms with Gasteiger partial charge in [0.1, 0.15) is 5.69 Å². The Bertz CT molecular complexity index is 494. The molecule has 0 spiro atoms. The van der Waals surface area contributed by atoms with E-state index in [1.165, 1.54) is 0 Å². The molecule has 1 aromatic carbocycles. The zero-order valence-electron chi connectivity index (χ0n) is 8.18. The van der Waals surface area contributed by atoms with Crippen LogP contribution >= 0.6 is 0 Å². The molecule has 0 unspecified atom stereocenters. The largest absolute Gasteiger partial charge is 0.393 e. The molecular weight excluding hydrogens is 241 g/mol. The predicted molar refractivity (Wildman–Crippen MR) is 51.7 cm³/mol. The highest BCUT2D eigenvalue weighted by molar-refractivity contribution is 5.58. The van der Waals surface area contributed by atoms with Gasteiger partial charge in [0.2, 0.25) is 0 Å². The molecule has 0 fully saturated rings. The van der Waals surface area contributed by atoms with E-state index >= 15 is 0 Å². The van der Waals surface area contributed by atoms with Gasteiger partial charge in [-0.3, -0.25) is 10.1 Å². The molecule has 6 nitrogen and oxygen atoms in total. The van der Waals surface area contributed by atoms with E-state index in [1.54, 1.807) is 0 Å². The summed E-state index contributed by atoms with van der Waals surface area (Å²) in [5.74, 6) is 0. The number of azide groups is 1. The second-order valence-corrected chi connectivity index (χ2v) is 3.06. The summed E-state index contributed by atoms with van der Waals surface area (Å²) in [5.41, 5.74) is 6.91. The number of nitro groups is 1. The van der Waals surface area contributed by atoms with E-state index in [9.17, 15) is 23.3 Å². The van der Waals surface area contributed by atoms with Crippen molar-refractivity contribution < 1.29 is 18.1 Å². The van der Waals surface area contributed by atoms with Crippen molar-refractivity contribution >= 4 is 11.4 Å². The molecule has 0 aliphatic carbocycles. The Balaban J connectivity index is 3.19. The molecule has 0 N–H and O–H groups in total. The first-order chi connectivity index (χ1) is 7.83. The van der Waals surface area contributed by atoms with E-state index in [0.717, 1.165) is 18.2 Å². The molecule has 0 aromatic heterocycles. The average Bonchev–Trinajstić information content (AvgIpc) is 2.18. The fraction of sp³-hybridized carbons (Fsp3) is 0.250. The smallest absolute Gasteiger partial charge is 0.258 e. The van der Waals surface area contributed by atoms with Gasteiger partial charge in [-0.25, -0.2) is 0 Å². The highest BCUT2D eigenvalue weighted by Gasteiger charge is 2.28. The molecule has 0 saturated heterocycles. The van der Waals surface area contributed by atoms with Crippen LogP contribution in [0.4, 0.5) is 24.5 Å². The van der Waals surface area contributed by atoms with Gasteiger partial charge in [0.15, 0.2) is 0 Å². The lowest BCUT2D eigenvalue weighted by molar-refractivity contribution is -0.384. The minimum Gasteiger partial charge on any atom is -0.258 e. The molecule has 0 aliphatic rings. The lowest BCUT2D eigenvalue weighted by Gasteiger charge is -2.06. The Morgan fingerprint density at radius 3 is 2.59 bits per heavy atom. The van der Waals surface area contributed by atoms with Crippen molar-refractivity contribution in [3.63, 3.8) is 0 Å². The van der Waals surface area contributed by atoms with Gasteiger partial charge in [0, 0.05) is 11.0 Å². The van der Waals surface area contributed by atoms with Crippen LogP contribution in [0.1, 0.15) is 5.56 Å². The summed E-state index contributed by atoms with van der Waals surface area (Å²) in [4.78, 5) is 12.0. The van der Waals surface area contributed by atoms with Crippen LogP contribution < -0.4 is 0 Å². The molecule has 0 aliphatic heterocycles. The van der Waals surface area contributed by atoms with Crippen molar-refractivity contribution in [2.45, 2.75) is 12.6 Å². The molecular formula is C8H5F3N4O2. The van der Waals surface area contributed by atoms with E-state index in [4.69, 9.17) is 5.53 Å². The Labute approximate surface area is 92.4 Å². The SMILES string of the molecule is [N-]=[N+]=Nc1ccc(CC(F)(F)F)cc1[N+](=O)[O-]. The third kappa shape index (κ3) is 3.65. The second-order valence-electron chi connectivity index (χ2n) is 3.06. The highest BCUT2D eigenvalue weighted by Crippen LogP contribution is 2.31. The first-order valence-electron chi connectivity index (χ1n) is 4.22. The summed E-state index contributed by atoms with van der Waals surface area (Å²) in [6.07, 6.45) is -5.72. The monoisotopic (exact) mass is 246 g/mol. The minimum absolute atomic E-state index is 0.263. The van der Waals surface area contributed by atoms with Gasteiger partial charge in [0.05, 0.1) is 11.3 Å². The maximum Gasteiger partial charge on any atom is 0.393 e. The first kappa shape index (κ1) is 12.8. The molecule has 0 amide bonds. The summed E-state index contributed by atoms with van der Waals surface area (Å²) in [7, 11) is 0. The van der Waals surface area contributed by atoms with Crippen LogP contribution in [0, 0.1) is 10.1 Å². The number of benzene rings is 1. The van der Waals surface area contributed by atoms with E-state index in [2.05, 4.69) is 10.0 Å². The number of alkyl halides is 3. The third-order valence-corrected chi connectivity index (χ3v) is 1.79. The van der Waals surface area contributed by atoms with Crippen molar-refractivity contribution in [3.05, 3.63) is 44.3 Å². The summed E-state index contributed by atoms with van der Waals surface area (Å²) in [5, 5.41) is 13.6. The second kappa shape index (κ2) is 4.71. The summed E-state index contributed by atoms with van der Waals surface area (Å²) in [6.45, 7) is 0. The fourth-order valence-corrected chi connectivity index (χ4v) is 1.19. The highest BCUT2D eigenvalue weighted by atomic mass is 19.4. The average molecular weight is 246 g/mol. The third-order valence-electron chi connectivity index (χ3n) is 1.79. The van der Waals surface area contributed by atoms with Gasteiger partial charge in [-0.1, -0.05) is 11.2 Å². The molecule has 9 heteroatoms. The van der Waals surface area contributed by atoms with Gasteiger partial charge < -0.3 is 0 Å². The Morgan fingerprint density at radius 2 is 2.12 bits per heavy atom. The van der Waals surface area contributed by atoms with E-state index in [-0.39, 0.29) is 11.3 Å². The van der Waals surface area contributed by atoms with Gasteiger partial charge in [-0.2, -0.15) is 13.2 Å². The van der Waals surface area contributed by atoms with Gasteiger partial charge in [-0.15, -0.1) is 0 Å². The number of nitro benzene ring substituents is 1. The first-order valence-corrected chi connectivity index (χ1v) is 4.22. The van der Waals surface area contributed by atoms with Crippen LogP contribution in [0.5, 0.6) is 0 Å². The van der Waals surface area contributed by atoms with E-state index in [1.807, 2.05) is 0 Å². The Hall–Kier alpha value is -2.28. The molecule has 1 rings (SSSR count). The standard InChI is InChI=1S/C8H5F3N4O2/c9-8(10,11)4-5-1-2-6(13-14-12)7(3-5)15(16)17/h1-3H,4H2. The number of hydrogen-bond acceptors (Lipinski definition) is 3. The zero-order valence-corrected chi connectivity index (χ0v) is 8.18. The molecule has 0 saturated carbocycles. The van der Waals surface area contributed by atoms with Gasteiger partial charge in [-0.05, 0) is 17.2 Å². The molecule has 17 heavy (non-hydrogen) atoms. The molecule has 0 radical (unpaired) electrons. The Morgan fingerprint density at radius 1 is 1.47 bits per heavy atom. The van der Waals surface area contributed by atoms with Crippen molar-refractivity contribution in [3.8, 4) is 0 Å². The fourth-order valence-electron chi connectivity index (χ4n) is 1.19. The van der Waals surface area contributed by atoms with Crippen LogP contribution in [0.3, 0.4) is 0 Å². The number of rotatable bonds is 3.